The number of hydrogen-bond donors (Lipinski definition) is 0. The Morgan fingerprint density at radius 1 is 1.33 bits per heavy atom. The fourth-order valence-corrected chi connectivity index (χ4v) is 2.56. The summed E-state index contributed by atoms with van der Waals surface area (Å²) < 4.78 is 2.94. The fourth-order valence-electron chi connectivity index (χ4n) is 2.15. The van der Waals surface area contributed by atoms with Gasteiger partial charge in [0.05, 0.1) is 17.8 Å². The van der Waals surface area contributed by atoms with Crippen molar-refractivity contribution >= 4 is 21.7 Å². The van der Waals surface area contributed by atoms with Crippen LogP contribution in [0.3, 0.4) is 0 Å². The highest BCUT2D eigenvalue weighted by Gasteiger charge is 2.15. The molecule has 4 heteroatoms. The van der Waals surface area contributed by atoms with E-state index in [9.17, 15) is 4.79 Å². The number of rotatable bonds is 3. The first-order chi connectivity index (χ1) is 8.50. The number of Topliss-reactive ketones (excluding diaryl/α,β-unsaturated/α-hetero) is 1. The normalized spacial score (nSPS) is 10.7. The zero-order valence-corrected chi connectivity index (χ0v) is 12.3. The lowest BCUT2D eigenvalue weighted by atomic mass is 10.1. The smallest absolute Gasteiger partial charge is 0.163 e. The lowest BCUT2D eigenvalue weighted by Crippen LogP contribution is -2.05. The summed E-state index contributed by atoms with van der Waals surface area (Å²) in [7, 11) is 0. The van der Waals surface area contributed by atoms with E-state index in [1.54, 1.807) is 6.92 Å². The molecule has 0 saturated heterocycles. The zero-order chi connectivity index (χ0) is 13.3. The molecule has 0 unspecified atom stereocenters. The second-order valence-corrected chi connectivity index (χ2v) is 5.21. The zero-order valence-electron chi connectivity index (χ0n) is 10.7. The number of carbonyl (C=O) groups is 1. The Morgan fingerprint density at radius 2 is 2.00 bits per heavy atom. The number of aromatic nitrogens is 2. The molecule has 0 saturated carbocycles. The van der Waals surface area contributed by atoms with Crippen LogP contribution in [0.2, 0.25) is 0 Å². The van der Waals surface area contributed by atoms with E-state index >= 15 is 0 Å². The average molecular weight is 307 g/mol. The van der Waals surface area contributed by atoms with Gasteiger partial charge in [0.1, 0.15) is 0 Å². The van der Waals surface area contributed by atoms with Gasteiger partial charge in [0.25, 0.3) is 0 Å². The van der Waals surface area contributed by atoms with E-state index in [1.165, 1.54) is 0 Å². The molecule has 0 bridgehead atoms. The van der Waals surface area contributed by atoms with Gasteiger partial charge in [-0.1, -0.05) is 34.1 Å². The molecule has 18 heavy (non-hydrogen) atoms. The summed E-state index contributed by atoms with van der Waals surface area (Å²) in [5, 5.41) is 4.44. The molecule has 94 valence electrons. The first kappa shape index (κ1) is 13.0. The van der Waals surface area contributed by atoms with Gasteiger partial charge >= 0.3 is 0 Å². The number of hydrogen-bond acceptors (Lipinski definition) is 2. The third-order valence-corrected chi connectivity index (χ3v) is 3.79. The maximum Gasteiger partial charge on any atom is 0.163 e. The Hall–Kier alpha value is -1.42. The Bertz CT molecular complexity index is 602. The topological polar surface area (TPSA) is 34.9 Å². The number of halogens is 1. The van der Waals surface area contributed by atoms with Crippen LogP contribution in [0.4, 0.5) is 0 Å². The van der Waals surface area contributed by atoms with Gasteiger partial charge in [0.15, 0.2) is 5.78 Å². The first-order valence-corrected chi connectivity index (χ1v) is 6.58. The lowest BCUT2D eigenvalue weighted by Gasteiger charge is -2.07. The molecule has 2 aromatic rings. The van der Waals surface area contributed by atoms with Gasteiger partial charge in [-0.25, -0.2) is 0 Å². The molecule has 1 aromatic carbocycles. The Balaban J connectivity index is 2.39. The van der Waals surface area contributed by atoms with Crippen LogP contribution in [0.25, 0.3) is 0 Å². The van der Waals surface area contributed by atoms with E-state index in [0.717, 1.165) is 27.0 Å². The van der Waals surface area contributed by atoms with Gasteiger partial charge in [-0.15, -0.1) is 0 Å². The third kappa shape index (κ3) is 2.38. The molecule has 0 aliphatic rings. The molecule has 0 aliphatic carbocycles. The average Bonchev–Trinajstić information content (AvgIpc) is 2.57. The molecule has 0 atom stereocenters. The van der Waals surface area contributed by atoms with Crippen LogP contribution < -0.4 is 0 Å². The van der Waals surface area contributed by atoms with Crippen molar-refractivity contribution in [1.29, 1.82) is 0 Å². The SMILES string of the molecule is CC(=O)c1c(C)nn(Cc2ccccc2Br)c1C. The molecular formula is C14H15BrN2O. The van der Waals surface area contributed by atoms with Crippen LogP contribution in [0.1, 0.15) is 34.2 Å². The van der Waals surface area contributed by atoms with E-state index in [1.807, 2.05) is 42.8 Å². The van der Waals surface area contributed by atoms with Gasteiger partial charge in [-0.05, 0) is 32.4 Å². The minimum Gasteiger partial charge on any atom is -0.294 e. The van der Waals surface area contributed by atoms with Gasteiger partial charge in [0, 0.05) is 10.2 Å². The summed E-state index contributed by atoms with van der Waals surface area (Å²) in [5.74, 6) is 0.0726. The molecule has 0 radical (unpaired) electrons. The highest BCUT2D eigenvalue weighted by molar-refractivity contribution is 9.10. The van der Waals surface area contributed by atoms with Crippen molar-refractivity contribution in [1.82, 2.24) is 9.78 Å². The molecular weight excluding hydrogens is 292 g/mol. The molecule has 0 fully saturated rings. The van der Waals surface area contributed by atoms with Crippen molar-refractivity contribution in [3.63, 3.8) is 0 Å². The van der Waals surface area contributed by atoms with Crippen LogP contribution in [-0.4, -0.2) is 15.6 Å². The van der Waals surface area contributed by atoms with Crippen molar-refractivity contribution in [3.05, 3.63) is 51.3 Å². The number of carbonyl (C=O) groups excluding carboxylic acids is 1. The van der Waals surface area contributed by atoms with E-state index in [2.05, 4.69) is 21.0 Å². The summed E-state index contributed by atoms with van der Waals surface area (Å²) in [6, 6.07) is 8.04. The maximum absolute atomic E-state index is 11.6. The molecule has 0 amide bonds. The number of benzene rings is 1. The fraction of sp³-hybridized carbons (Fsp3) is 0.286. The first-order valence-electron chi connectivity index (χ1n) is 5.79. The van der Waals surface area contributed by atoms with Gasteiger partial charge < -0.3 is 0 Å². The highest BCUT2D eigenvalue weighted by Crippen LogP contribution is 2.20. The minimum absolute atomic E-state index is 0.0726. The molecule has 1 aromatic heterocycles. The second kappa shape index (κ2) is 5.06. The van der Waals surface area contributed by atoms with Crippen molar-refractivity contribution < 1.29 is 4.79 Å². The maximum atomic E-state index is 11.6. The van der Waals surface area contributed by atoms with Crippen molar-refractivity contribution in [3.8, 4) is 0 Å². The number of nitrogens with zero attached hydrogens (tertiary/aromatic N) is 2. The standard InChI is InChI=1S/C14H15BrN2O/c1-9-14(11(3)18)10(2)17(16-9)8-12-6-4-5-7-13(12)15/h4-7H,8H2,1-3H3. The van der Waals surface area contributed by atoms with Crippen LogP contribution in [0.5, 0.6) is 0 Å². The molecule has 0 aliphatic heterocycles. The lowest BCUT2D eigenvalue weighted by molar-refractivity contribution is 0.101. The van der Waals surface area contributed by atoms with Crippen LogP contribution in [0.15, 0.2) is 28.7 Å². The van der Waals surface area contributed by atoms with E-state index in [0.29, 0.717) is 6.54 Å². The summed E-state index contributed by atoms with van der Waals surface area (Å²) in [6.45, 7) is 6.06. The predicted molar refractivity (Wildman–Crippen MR) is 74.9 cm³/mol. The summed E-state index contributed by atoms with van der Waals surface area (Å²) in [4.78, 5) is 11.6. The van der Waals surface area contributed by atoms with E-state index in [-0.39, 0.29) is 5.78 Å². The molecule has 0 N–H and O–H groups in total. The summed E-state index contributed by atoms with van der Waals surface area (Å²) >= 11 is 3.52. The van der Waals surface area contributed by atoms with Gasteiger partial charge in [-0.2, -0.15) is 5.10 Å². The van der Waals surface area contributed by atoms with Crippen LogP contribution in [-0.2, 0) is 6.54 Å². The molecule has 2 rings (SSSR count). The van der Waals surface area contributed by atoms with Crippen molar-refractivity contribution in [2.45, 2.75) is 27.3 Å². The van der Waals surface area contributed by atoms with Crippen molar-refractivity contribution in [2.75, 3.05) is 0 Å². The van der Waals surface area contributed by atoms with E-state index in [4.69, 9.17) is 0 Å². The Labute approximate surface area is 115 Å². The largest absolute Gasteiger partial charge is 0.294 e. The van der Waals surface area contributed by atoms with E-state index < -0.39 is 0 Å². The number of aryl methyl sites for hydroxylation is 1. The Kier molecular flexibility index (Phi) is 3.66. The monoisotopic (exact) mass is 306 g/mol. The van der Waals surface area contributed by atoms with Crippen molar-refractivity contribution in [2.24, 2.45) is 0 Å². The Morgan fingerprint density at radius 3 is 2.56 bits per heavy atom. The van der Waals surface area contributed by atoms with Gasteiger partial charge in [0.2, 0.25) is 0 Å². The predicted octanol–water partition coefficient (Wildman–Crippen LogP) is 3.51. The molecule has 0 spiro atoms. The third-order valence-electron chi connectivity index (χ3n) is 3.01. The van der Waals surface area contributed by atoms with Crippen LogP contribution in [0, 0.1) is 13.8 Å². The highest BCUT2D eigenvalue weighted by atomic mass is 79.9. The number of ketones is 1. The quantitative estimate of drug-likeness (QED) is 0.813. The summed E-state index contributed by atoms with van der Waals surface area (Å²) in [5.41, 5.74) is 3.61. The van der Waals surface area contributed by atoms with Gasteiger partial charge in [-0.3, -0.25) is 9.48 Å². The minimum atomic E-state index is 0.0726. The summed E-state index contributed by atoms with van der Waals surface area (Å²) in [6.07, 6.45) is 0. The molecule has 1 heterocycles. The molecule has 3 nitrogen and oxygen atoms in total. The second-order valence-electron chi connectivity index (χ2n) is 4.35. The van der Waals surface area contributed by atoms with Crippen LogP contribution >= 0.6 is 15.9 Å².